The molecule has 0 bridgehead atoms. The summed E-state index contributed by atoms with van der Waals surface area (Å²) in [7, 11) is 1.68. The van der Waals surface area contributed by atoms with Gasteiger partial charge >= 0.3 is 0 Å². The van der Waals surface area contributed by atoms with Gasteiger partial charge in [0.25, 0.3) is 0 Å². The number of alkyl halides is 1. The van der Waals surface area contributed by atoms with Crippen LogP contribution >= 0.6 is 27.5 Å². The maximum Gasteiger partial charge on any atom is 0.133 e. The predicted molar refractivity (Wildman–Crippen MR) is 84.1 cm³/mol. The standard InChI is InChI=1S/C15H21BrClNO/c1-19-14-6-5-12(9-13(14)16)10-18-15(11-17)7-3-2-4-8-15/h5-6,9,18H,2-4,7-8,10-11H2,1H3. The number of hydrogen-bond donors (Lipinski definition) is 1. The van der Waals surface area contributed by atoms with Crippen molar-refractivity contribution in [2.24, 2.45) is 0 Å². The fraction of sp³-hybridized carbons (Fsp3) is 0.600. The molecule has 2 rings (SSSR count). The smallest absolute Gasteiger partial charge is 0.133 e. The van der Waals surface area contributed by atoms with E-state index in [1.165, 1.54) is 37.7 Å². The number of nitrogens with one attached hydrogen (secondary N) is 1. The summed E-state index contributed by atoms with van der Waals surface area (Å²) in [6.45, 7) is 0.856. The Bertz CT molecular complexity index is 419. The predicted octanol–water partition coefficient (Wildman–Crippen LogP) is 4.49. The molecule has 19 heavy (non-hydrogen) atoms. The van der Waals surface area contributed by atoms with Crippen molar-refractivity contribution < 1.29 is 4.74 Å². The molecule has 0 aromatic heterocycles. The Hall–Kier alpha value is -0.250. The second-order valence-corrected chi connectivity index (χ2v) is 6.42. The zero-order valence-corrected chi connectivity index (χ0v) is 13.7. The fourth-order valence-electron chi connectivity index (χ4n) is 2.70. The van der Waals surface area contributed by atoms with Crippen LogP contribution in [-0.4, -0.2) is 18.5 Å². The Kier molecular flexibility index (Phi) is 5.55. The lowest BCUT2D eigenvalue weighted by Crippen LogP contribution is -2.48. The van der Waals surface area contributed by atoms with Gasteiger partial charge in [0.1, 0.15) is 5.75 Å². The first-order valence-electron chi connectivity index (χ1n) is 6.82. The quantitative estimate of drug-likeness (QED) is 0.793. The zero-order valence-electron chi connectivity index (χ0n) is 11.3. The number of ether oxygens (including phenoxy) is 1. The Morgan fingerprint density at radius 1 is 1.32 bits per heavy atom. The number of methoxy groups -OCH3 is 1. The van der Waals surface area contributed by atoms with Crippen molar-refractivity contribution in [3.63, 3.8) is 0 Å². The number of hydrogen-bond acceptors (Lipinski definition) is 2. The molecule has 1 aromatic carbocycles. The minimum atomic E-state index is 0.131. The Morgan fingerprint density at radius 3 is 2.63 bits per heavy atom. The topological polar surface area (TPSA) is 21.3 Å². The van der Waals surface area contributed by atoms with Crippen LogP contribution in [0.4, 0.5) is 0 Å². The highest BCUT2D eigenvalue weighted by Gasteiger charge is 2.30. The molecule has 0 spiro atoms. The van der Waals surface area contributed by atoms with E-state index < -0.39 is 0 Å². The average Bonchev–Trinajstić information content (AvgIpc) is 2.46. The summed E-state index contributed by atoms with van der Waals surface area (Å²) in [6, 6.07) is 6.20. The van der Waals surface area contributed by atoms with Gasteiger partial charge in [-0.3, -0.25) is 0 Å². The highest BCUT2D eigenvalue weighted by atomic mass is 79.9. The number of halogens is 2. The van der Waals surface area contributed by atoms with E-state index >= 15 is 0 Å². The lowest BCUT2D eigenvalue weighted by molar-refractivity contribution is 0.256. The van der Waals surface area contributed by atoms with Crippen molar-refractivity contribution in [3.05, 3.63) is 28.2 Å². The summed E-state index contributed by atoms with van der Waals surface area (Å²) in [6.07, 6.45) is 6.29. The summed E-state index contributed by atoms with van der Waals surface area (Å²) < 4.78 is 6.25. The summed E-state index contributed by atoms with van der Waals surface area (Å²) >= 11 is 9.72. The van der Waals surface area contributed by atoms with Crippen LogP contribution in [0.2, 0.25) is 0 Å². The Labute approximate surface area is 129 Å². The summed E-state index contributed by atoms with van der Waals surface area (Å²) in [5.74, 6) is 1.57. The molecule has 0 radical (unpaired) electrons. The van der Waals surface area contributed by atoms with Crippen molar-refractivity contribution in [1.82, 2.24) is 5.32 Å². The third-order valence-corrected chi connectivity index (χ3v) is 5.08. The van der Waals surface area contributed by atoms with Gasteiger partial charge in [0, 0.05) is 18.0 Å². The van der Waals surface area contributed by atoms with E-state index in [2.05, 4.69) is 33.4 Å². The van der Waals surface area contributed by atoms with Crippen LogP contribution in [0.25, 0.3) is 0 Å². The van der Waals surface area contributed by atoms with Crippen LogP contribution in [0.5, 0.6) is 5.75 Å². The van der Waals surface area contributed by atoms with Crippen LogP contribution in [0, 0.1) is 0 Å². The van der Waals surface area contributed by atoms with E-state index in [1.807, 2.05) is 6.07 Å². The van der Waals surface area contributed by atoms with Crippen molar-refractivity contribution in [2.75, 3.05) is 13.0 Å². The molecule has 0 aliphatic heterocycles. The van der Waals surface area contributed by atoms with Crippen molar-refractivity contribution in [2.45, 2.75) is 44.2 Å². The fourth-order valence-corrected chi connectivity index (χ4v) is 3.65. The van der Waals surface area contributed by atoms with E-state index in [-0.39, 0.29) is 5.54 Å². The number of benzene rings is 1. The van der Waals surface area contributed by atoms with Gasteiger partial charge in [0.2, 0.25) is 0 Å². The molecule has 1 N–H and O–H groups in total. The van der Waals surface area contributed by atoms with E-state index in [0.29, 0.717) is 5.88 Å². The van der Waals surface area contributed by atoms with Crippen LogP contribution in [0.1, 0.15) is 37.7 Å². The van der Waals surface area contributed by atoms with Crippen molar-refractivity contribution in [1.29, 1.82) is 0 Å². The normalized spacial score (nSPS) is 18.3. The van der Waals surface area contributed by atoms with Gasteiger partial charge in [0.05, 0.1) is 11.6 Å². The SMILES string of the molecule is COc1ccc(CNC2(CCl)CCCCC2)cc1Br. The van der Waals surface area contributed by atoms with E-state index in [1.54, 1.807) is 7.11 Å². The molecule has 0 amide bonds. The second-order valence-electron chi connectivity index (χ2n) is 5.30. The molecule has 0 heterocycles. The molecule has 1 fully saturated rings. The lowest BCUT2D eigenvalue weighted by atomic mass is 9.83. The van der Waals surface area contributed by atoms with Crippen molar-refractivity contribution >= 4 is 27.5 Å². The summed E-state index contributed by atoms with van der Waals surface area (Å²) in [5.41, 5.74) is 1.38. The first kappa shape index (κ1) is 15.1. The maximum atomic E-state index is 6.19. The minimum Gasteiger partial charge on any atom is -0.496 e. The molecule has 1 aliphatic rings. The highest BCUT2D eigenvalue weighted by Crippen LogP contribution is 2.30. The molecule has 0 saturated heterocycles. The van der Waals surface area contributed by atoms with E-state index in [4.69, 9.17) is 16.3 Å². The molecule has 0 atom stereocenters. The summed E-state index contributed by atoms with van der Waals surface area (Å²) in [5, 5.41) is 3.67. The van der Waals surface area contributed by atoms with Gasteiger partial charge in [-0.15, -0.1) is 11.6 Å². The monoisotopic (exact) mass is 345 g/mol. The molecule has 4 heteroatoms. The summed E-state index contributed by atoms with van der Waals surface area (Å²) in [4.78, 5) is 0. The third-order valence-electron chi connectivity index (χ3n) is 3.95. The van der Waals surface area contributed by atoms with Crippen LogP contribution < -0.4 is 10.1 Å². The van der Waals surface area contributed by atoms with Crippen LogP contribution in [-0.2, 0) is 6.54 Å². The van der Waals surface area contributed by atoms with Crippen LogP contribution in [0.15, 0.2) is 22.7 Å². The van der Waals surface area contributed by atoms with E-state index in [9.17, 15) is 0 Å². The third kappa shape index (κ3) is 3.87. The van der Waals surface area contributed by atoms with E-state index in [0.717, 1.165) is 16.8 Å². The Balaban J connectivity index is 1.99. The van der Waals surface area contributed by atoms with Crippen LogP contribution in [0.3, 0.4) is 0 Å². The van der Waals surface area contributed by atoms with Gasteiger partial charge in [-0.05, 0) is 46.5 Å². The van der Waals surface area contributed by atoms with Crippen molar-refractivity contribution in [3.8, 4) is 5.75 Å². The van der Waals surface area contributed by atoms with Gasteiger partial charge < -0.3 is 10.1 Å². The molecule has 0 unspecified atom stereocenters. The first-order valence-corrected chi connectivity index (χ1v) is 8.15. The zero-order chi connectivity index (χ0) is 13.7. The van der Waals surface area contributed by atoms with Gasteiger partial charge in [-0.25, -0.2) is 0 Å². The molecule has 1 saturated carbocycles. The first-order chi connectivity index (χ1) is 9.19. The average molecular weight is 347 g/mol. The molecule has 1 aromatic rings. The lowest BCUT2D eigenvalue weighted by Gasteiger charge is -2.36. The van der Waals surface area contributed by atoms with Gasteiger partial charge in [0.15, 0.2) is 0 Å². The molecular formula is C15H21BrClNO. The molecule has 1 aliphatic carbocycles. The molecule has 106 valence electrons. The van der Waals surface area contributed by atoms with Gasteiger partial charge in [-0.1, -0.05) is 25.3 Å². The largest absolute Gasteiger partial charge is 0.496 e. The van der Waals surface area contributed by atoms with Gasteiger partial charge in [-0.2, -0.15) is 0 Å². The highest BCUT2D eigenvalue weighted by molar-refractivity contribution is 9.10. The maximum absolute atomic E-state index is 6.19. The molecular weight excluding hydrogens is 326 g/mol. The minimum absolute atomic E-state index is 0.131. The second kappa shape index (κ2) is 6.96. The molecule has 2 nitrogen and oxygen atoms in total. The number of rotatable bonds is 5. The Morgan fingerprint density at radius 2 is 2.05 bits per heavy atom.